The summed E-state index contributed by atoms with van der Waals surface area (Å²) < 4.78 is 0. The minimum Gasteiger partial charge on any atom is -0.481 e. The Balaban J connectivity index is 1.71. The molecule has 0 bridgehead atoms. The van der Waals surface area contributed by atoms with Crippen molar-refractivity contribution >= 4 is 11.9 Å². The number of guanidine groups is 1. The van der Waals surface area contributed by atoms with Crippen LogP contribution in [0.5, 0.6) is 0 Å². The molecule has 9 nitrogen and oxygen atoms in total. The number of hydrogen-bond acceptors (Lipinski definition) is 5. The second-order valence-corrected chi connectivity index (χ2v) is 7.70. The van der Waals surface area contributed by atoms with Crippen LogP contribution < -0.4 is 5.73 Å². The number of hydrogen-bond donors (Lipinski definition) is 4. The SMILES string of the molecule is CCC[C@H](C(=O)O)[C@H](Cc1ccc(C2CCN(C(=N)N)CC2)cc1)c1nn[nH]n1. The van der Waals surface area contributed by atoms with Gasteiger partial charge in [0.05, 0.1) is 5.92 Å². The summed E-state index contributed by atoms with van der Waals surface area (Å²) in [6.45, 7) is 3.59. The number of benzene rings is 1. The van der Waals surface area contributed by atoms with Gasteiger partial charge in [0.25, 0.3) is 0 Å². The van der Waals surface area contributed by atoms with Crippen LogP contribution in [0.1, 0.15) is 61.4 Å². The maximum Gasteiger partial charge on any atom is 0.307 e. The summed E-state index contributed by atoms with van der Waals surface area (Å²) >= 11 is 0. The van der Waals surface area contributed by atoms with Crippen LogP contribution in [0.4, 0.5) is 0 Å². The molecule has 0 saturated carbocycles. The molecule has 2 aromatic rings. The third-order valence-electron chi connectivity index (χ3n) is 5.84. The molecule has 1 fully saturated rings. The van der Waals surface area contributed by atoms with Gasteiger partial charge in [-0.25, -0.2) is 0 Å². The molecule has 29 heavy (non-hydrogen) atoms. The highest BCUT2D eigenvalue weighted by Gasteiger charge is 2.32. The number of nitrogens with one attached hydrogen (secondary N) is 2. The number of nitrogens with zero attached hydrogens (tertiary/aromatic N) is 4. The van der Waals surface area contributed by atoms with Gasteiger partial charge in [0.2, 0.25) is 0 Å². The quantitative estimate of drug-likeness (QED) is 0.393. The second kappa shape index (κ2) is 9.49. The number of H-pyrrole nitrogens is 1. The van der Waals surface area contributed by atoms with Gasteiger partial charge in [-0.05, 0) is 42.7 Å². The van der Waals surface area contributed by atoms with Crippen LogP contribution in [-0.2, 0) is 11.2 Å². The monoisotopic (exact) mass is 399 g/mol. The van der Waals surface area contributed by atoms with Gasteiger partial charge in [-0.15, -0.1) is 10.2 Å². The molecule has 5 N–H and O–H groups in total. The van der Waals surface area contributed by atoms with Gasteiger partial charge in [0.15, 0.2) is 11.8 Å². The zero-order valence-corrected chi connectivity index (χ0v) is 16.7. The third-order valence-corrected chi connectivity index (χ3v) is 5.84. The number of rotatable bonds is 8. The summed E-state index contributed by atoms with van der Waals surface area (Å²) in [6.07, 6.45) is 3.86. The first-order valence-corrected chi connectivity index (χ1v) is 10.1. The van der Waals surface area contributed by atoms with Gasteiger partial charge < -0.3 is 15.7 Å². The van der Waals surface area contributed by atoms with Gasteiger partial charge in [-0.3, -0.25) is 10.2 Å². The second-order valence-electron chi connectivity index (χ2n) is 7.70. The number of aliphatic carboxylic acids is 1. The molecule has 2 atom stereocenters. The molecule has 1 aliphatic heterocycles. The van der Waals surface area contributed by atoms with Gasteiger partial charge >= 0.3 is 5.97 Å². The highest BCUT2D eigenvalue weighted by Crippen LogP contribution is 2.32. The lowest BCUT2D eigenvalue weighted by Gasteiger charge is -2.32. The maximum absolute atomic E-state index is 11.8. The summed E-state index contributed by atoms with van der Waals surface area (Å²) in [5.74, 6) is -0.642. The molecule has 156 valence electrons. The Labute approximate surface area is 170 Å². The number of piperidine rings is 1. The summed E-state index contributed by atoms with van der Waals surface area (Å²) in [6, 6.07) is 8.41. The molecule has 0 radical (unpaired) electrons. The molecule has 1 aromatic carbocycles. The van der Waals surface area contributed by atoms with Crippen molar-refractivity contribution in [3.63, 3.8) is 0 Å². The van der Waals surface area contributed by atoms with E-state index in [1.54, 1.807) is 0 Å². The van der Waals surface area contributed by atoms with E-state index in [0.29, 0.717) is 24.6 Å². The number of carbonyl (C=O) groups is 1. The Morgan fingerprint density at radius 2 is 2.03 bits per heavy atom. The molecule has 0 unspecified atom stereocenters. The van der Waals surface area contributed by atoms with Crippen LogP contribution in [0.25, 0.3) is 0 Å². The largest absolute Gasteiger partial charge is 0.481 e. The fourth-order valence-electron chi connectivity index (χ4n) is 4.18. The number of tetrazole rings is 1. The van der Waals surface area contributed by atoms with E-state index < -0.39 is 11.9 Å². The lowest BCUT2D eigenvalue weighted by atomic mass is 9.82. The average Bonchev–Trinajstić information content (AvgIpc) is 3.25. The third kappa shape index (κ3) is 5.10. The highest BCUT2D eigenvalue weighted by molar-refractivity contribution is 5.74. The molecule has 0 spiro atoms. The van der Waals surface area contributed by atoms with E-state index in [1.165, 1.54) is 5.56 Å². The van der Waals surface area contributed by atoms with Crippen molar-refractivity contribution in [2.45, 2.75) is 50.9 Å². The number of carboxylic acid groups (broad SMARTS) is 1. The molecule has 9 heteroatoms. The molecule has 3 rings (SSSR count). The Bertz CT molecular complexity index is 799. The molecule has 2 heterocycles. The van der Waals surface area contributed by atoms with Crippen LogP contribution in [0, 0.1) is 11.3 Å². The number of aromatic amines is 1. The standard InChI is InChI=1S/C20H29N7O2/c1-2-3-16(19(28)29)17(18-23-25-26-24-18)12-13-4-6-14(7-5-13)15-8-10-27(11-9-15)20(21)22/h4-7,15-17H,2-3,8-12H2,1H3,(H3,21,22)(H,28,29)(H,23,24,25,26)/t16-,17-/m0/s1. The molecular weight excluding hydrogens is 370 g/mol. The lowest BCUT2D eigenvalue weighted by Crippen LogP contribution is -2.41. The van der Waals surface area contributed by atoms with Crippen LogP contribution in [0.3, 0.4) is 0 Å². The summed E-state index contributed by atoms with van der Waals surface area (Å²) in [4.78, 5) is 13.7. The van der Waals surface area contributed by atoms with E-state index in [-0.39, 0.29) is 11.9 Å². The van der Waals surface area contributed by atoms with Crippen LogP contribution in [0.2, 0.25) is 0 Å². The number of aromatic nitrogens is 4. The lowest BCUT2D eigenvalue weighted by molar-refractivity contribution is -0.142. The van der Waals surface area contributed by atoms with Crippen molar-refractivity contribution in [3.05, 3.63) is 41.2 Å². The Morgan fingerprint density at radius 3 is 2.55 bits per heavy atom. The predicted molar refractivity (Wildman–Crippen MR) is 109 cm³/mol. The molecule has 1 aromatic heterocycles. The van der Waals surface area contributed by atoms with Crippen LogP contribution in [0.15, 0.2) is 24.3 Å². The summed E-state index contributed by atoms with van der Waals surface area (Å²) in [7, 11) is 0. The van der Waals surface area contributed by atoms with Crippen molar-refractivity contribution in [1.82, 2.24) is 25.5 Å². The fraction of sp³-hybridized carbons (Fsp3) is 0.550. The van der Waals surface area contributed by atoms with E-state index in [2.05, 4.69) is 44.9 Å². The predicted octanol–water partition coefficient (Wildman–Crippen LogP) is 2.10. The smallest absolute Gasteiger partial charge is 0.307 e. The van der Waals surface area contributed by atoms with E-state index >= 15 is 0 Å². The summed E-state index contributed by atoms with van der Waals surface area (Å²) in [5.41, 5.74) is 7.91. The van der Waals surface area contributed by atoms with Gasteiger partial charge in [0.1, 0.15) is 0 Å². The van der Waals surface area contributed by atoms with Gasteiger partial charge in [-0.2, -0.15) is 5.21 Å². The molecule has 1 saturated heterocycles. The Morgan fingerprint density at radius 1 is 1.34 bits per heavy atom. The topological polar surface area (TPSA) is 145 Å². The number of likely N-dealkylation sites (tertiary alicyclic amines) is 1. The van der Waals surface area contributed by atoms with Crippen molar-refractivity contribution in [3.8, 4) is 0 Å². The minimum absolute atomic E-state index is 0.145. The maximum atomic E-state index is 11.8. The van der Waals surface area contributed by atoms with E-state index in [1.807, 2.05) is 11.8 Å². The first-order chi connectivity index (χ1) is 14.0. The van der Waals surface area contributed by atoms with Crippen molar-refractivity contribution in [2.75, 3.05) is 13.1 Å². The molecule has 0 amide bonds. The van der Waals surface area contributed by atoms with E-state index in [0.717, 1.165) is 37.9 Å². The first-order valence-electron chi connectivity index (χ1n) is 10.1. The van der Waals surface area contributed by atoms with Crippen LogP contribution in [-0.4, -0.2) is 55.6 Å². The van der Waals surface area contributed by atoms with Crippen molar-refractivity contribution in [2.24, 2.45) is 11.7 Å². The molecule has 0 aliphatic carbocycles. The van der Waals surface area contributed by atoms with Crippen molar-refractivity contribution in [1.29, 1.82) is 5.41 Å². The summed E-state index contributed by atoms with van der Waals surface area (Å²) in [5, 5.41) is 31.5. The molecule has 1 aliphatic rings. The minimum atomic E-state index is -0.824. The zero-order valence-electron chi connectivity index (χ0n) is 16.7. The number of carboxylic acids is 1. The van der Waals surface area contributed by atoms with E-state index in [4.69, 9.17) is 11.1 Å². The normalized spacial score (nSPS) is 17.1. The van der Waals surface area contributed by atoms with E-state index in [9.17, 15) is 9.90 Å². The highest BCUT2D eigenvalue weighted by atomic mass is 16.4. The zero-order chi connectivity index (χ0) is 20.8. The van der Waals surface area contributed by atoms with Gasteiger partial charge in [-0.1, -0.05) is 42.8 Å². The van der Waals surface area contributed by atoms with Crippen LogP contribution >= 0.6 is 0 Å². The fourth-order valence-corrected chi connectivity index (χ4v) is 4.18. The Hall–Kier alpha value is -2.97. The van der Waals surface area contributed by atoms with Crippen molar-refractivity contribution < 1.29 is 9.90 Å². The number of nitrogens with two attached hydrogens (primary N) is 1. The average molecular weight is 399 g/mol. The Kier molecular flexibility index (Phi) is 6.79. The first kappa shape index (κ1) is 20.8. The van der Waals surface area contributed by atoms with Gasteiger partial charge in [0, 0.05) is 19.0 Å². The molecular formula is C20H29N7O2.